The van der Waals surface area contributed by atoms with E-state index in [2.05, 4.69) is 21.2 Å². The number of hydrogen-bond acceptors (Lipinski definition) is 2. The molecule has 0 bridgehead atoms. The van der Waals surface area contributed by atoms with Gasteiger partial charge in [-0.2, -0.15) is 0 Å². The zero-order valence-electron chi connectivity index (χ0n) is 9.88. The smallest absolute Gasteiger partial charge is 0.124 e. The molecule has 1 aliphatic rings. The summed E-state index contributed by atoms with van der Waals surface area (Å²) in [6.45, 7) is 1.62. The normalized spacial score (nSPS) is 23.5. The Kier molecular flexibility index (Phi) is 4.54. The summed E-state index contributed by atoms with van der Waals surface area (Å²) in [4.78, 5) is 0. The third-order valence-electron chi connectivity index (χ3n) is 3.17. The van der Waals surface area contributed by atoms with Gasteiger partial charge in [-0.1, -0.05) is 22.0 Å². The Labute approximate surface area is 110 Å². The highest BCUT2D eigenvalue weighted by atomic mass is 79.9. The molecule has 1 aliphatic carbocycles. The van der Waals surface area contributed by atoms with Crippen LogP contribution in [0.3, 0.4) is 0 Å². The molecule has 0 spiro atoms. The van der Waals surface area contributed by atoms with E-state index in [1.807, 2.05) is 7.05 Å². The fourth-order valence-electron chi connectivity index (χ4n) is 2.11. The maximum absolute atomic E-state index is 12.9. The van der Waals surface area contributed by atoms with Crippen LogP contribution in [0.1, 0.15) is 18.4 Å². The van der Waals surface area contributed by atoms with Crippen LogP contribution >= 0.6 is 15.9 Å². The van der Waals surface area contributed by atoms with Crippen LogP contribution in [0.4, 0.5) is 4.39 Å². The minimum atomic E-state index is -0.224. The van der Waals surface area contributed by atoms with Crippen LogP contribution in [0.2, 0.25) is 0 Å². The first-order chi connectivity index (χ1) is 8.19. The summed E-state index contributed by atoms with van der Waals surface area (Å²) in [6.07, 6.45) is 2.62. The van der Waals surface area contributed by atoms with Gasteiger partial charge >= 0.3 is 0 Å². The second-order valence-electron chi connectivity index (χ2n) is 4.56. The SMILES string of the molecule is CNCC1CC(OCc2ccc(F)cc2Br)C1. The molecule has 0 aliphatic heterocycles. The van der Waals surface area contributed by atoms with Crippen molar-refractivity contribution in [3.63, 3.8) is 0 Å². The van der Waals surface area contributed by atoms with Crippen molar-refractivity contribution in [2.24, 2.45) is 5.92 Å². The molecule has 17 heavy (non-hydrogen) atoms. The van der Waals surface area contributed by atoms with Crippen molar-refractivity contribution in [2.75, 3.05) is 13.6 Å². The number of halogens is 2. The van der Waals surface area contributed by atoms with Crippen LogP contribution in [0.15, 0.2) is 22.7 Å². The van der Waals surface area contributed by atoms with Crippen LogP contribution in [0, 0.1) is 11.7 Å². The van der Waals surface area contributed by atoms with Gasteiger partial charge in [0.15, 0.2) is 0 Å². The molecule has 0 amide bonds. The monoisotopic (exact) mass is 301 g/mol. The van der Waals surface area contributed by atoms with Crippen molar-refractivity contribution in [3.8, 4) is 0 Å². The largest absolute Gasteiger partial charge is 0.373 e. The first kappa shape index (κ1) is 13.0. The molecule has 0 heterocycles. The summed E-state index contributed by atoms with van der Waals surface area (Å²) < 4.78 is 19.4. The zero-order chi connectivity index (χ0) is 12.3. The lowest BCUT2D eigenvalue weighted by molar-refractivity contribution is -0.0393. The van der Waals surface area contributed by atoms with E-state index in [1.165, 1.54) is 12.1 Å². The topological polar surface area (TPSA) is 21.3 Å². The molecule has 1 aromatic rings. The molecule has 1 fully saturated rings. The summed E-state index contributed by atoms with van der Waals surface area (Å²) in [5.74, 6) is 0.528. The Morgan fingerprint density at radius 1 is 1.47 bits per heavy atom. The maximum Gasteiger partial charge on any atom is 0.124 e. The van der Waals surface area contributed by atoms with E-state index in [0.717, 1.165) is 35.3 Å². The Morgan fingerprint density at radius 3 is 2.88 bits per heavy atom. The van der Waals surface area contributed by atoms with Crippen LogP contribution < -0.4 is 5.32 Å². The molecule has 0 saturated heterocycles. The summed E-state index contributed by atoms with van der Waals surface area (Å²) in [7, 11) is 1.98. The van der Waals surface area contributed by atoms with Crippen molar-refractivity contribution in [3.05, 3.63) is 34.1 Å². The van der Waals surface area contributed by atoms with Crippen LogP contribution in [0.5, 0.6) is 0 Å². The fraction of sp³-hybridized carbons (Fsp3) is 0.538. The molecule has 94 valence electrons. The molecule has 0 radical (unpaired) electrons. The van der Waals surface area contributed by atoms with E-state index >= 15 is 0 Å². The van der Waals surface area contributed by atoms with E-state index < -0.39 is 0 Å². The lowest BCUT2D eigenvalue weighted by Gasteiger charge is -2.35. The molecule has 0 unspecified atom stereocenters. The summed E-state index contributed by atoms with van der Waals surface area (Å²) in [6, 6.07) is 4.71. The van der Waals surface area contributed by atoms with E-state index in [1.54, 1.807) is 6.07 Å². The number of benzene rings is 1. The number of ether oxygens (including phenoxy) is 1. The molecule has 1 N–H and O–H groups in total. The van der Waals surface area contributed by atoms with Gasteiger partial charge in [0.25, 0.3) is 0 Å². The Morgan fingerprint density at radius 2 is 2.24 bits per heavy atom. The Hall–Kier alpha value is -0.450. The lowest BCUT2D eigenvalue weighted by atomic mass is 9.82. The quantitative estimate of drug-likeness (QED) is 0.902. The molecular formula is C13H17BrFNO. The highest BCUT2D eigenvalue weighted by Crippen LogP contribution is 2.30. The van der Waals surface area contributed by atoms with E-state index in [-0.39, 0.29) is 5.82 Å². The van der Waals surface area contributed by atoms with Gasteiger partial charge in [0.1, 0.15) is 5.82 Å². The third-order valence-corrected chi connectivity index (χ3v) is 3.91. The minimum Gasteiger partial charge on any atom is -0.373 e. The van der Waals surface area contributed by atoms with Gasteiger partial charge in [0.2, 0.25) is 0 Å². The second-order valence-corrected chi connectivity index (χ2v) is 5.42. The third kappa shape index (κ3) is 3.50. The predicted molar refractivity (Wildman–Crippen MR) is 69.3 cm³/mol. The van der Waals surface area contributed by atoms with Gasteiger partial charge in [-0.25, -0.2) is 4.39 Å². The van der Waals surface area contributed by atoms with Gasteiger partial charge in [-0.15, -0.1) is 0 Å². The average molecular weight is 302 g/mol. The minimum absolute atomic E-state index is 0.224. The van der Waals surface area contributed by atoms with Crippen LogP contribution in [-0.4, -0.2) is 19.7 Å². The van der Waals surface area contributed by atoms with Gasteiger partial charge in [-0.3, -0.25) is 0 Å². The van der Waals surface area contributed by atoms with Gasteiger partial charge in [0.05, 0.1) is 12.7 Å². The number of hydrogen-bond donors (Lipinski definition) is 1. The molecule has 1 saturated carbocycles. The van der Waals surface area contributed by atoms with E-state index in [4.69, 9.17) is 4.74 Å². The fourth-order valence-corrected chi connectivity index (χ4v) is 2.58. The number of rotatable bonds is 5. The van der Waals surface area contributed by atoms with Gasteiger partial charge in [-0.05, 0) is 50.0 Å². The first-order valence-electron chi connectivity index (χ1n) is 5.89. The van der Waals surface area contributed by atoms with E-state index in [0.29, 0.717) is 12.7 Å². The Balaban J connectivity index is 1.76. The highest BCUT2D eigenvalue weighted by Gasteiger charge is 2.29. The van der Waals surface area contributed by atoms with Crippen molar-refractivity contribution in [2.45, 2.75) is 25.6 Å². The van der Waals surface area contributed by atoms with Crippen molar-refractivity contribution < 1.29 is 9.13 Å². The molecule has 2 nitrogen and oxygen atoms in total. The summed E-state index contributed by atoms with van der Waals surface area (Å²) >= 11 is 3.34. The molecular weight excluding hydrogens is 285 g/mol. The van der Waals surface area contributed by atoms with Crippen molar-refractivity contribution in [1.82, 2.24) is 5.32 Å². The molecule has 2 rings (SSSR count). The Bertz CT molecular complexity index is 380. The zero-order valence-corrected chi connectivity index (χ0v) is 11.5. The maximum atomic E-state index is 12.9. The van der Waals surface area contributed by atoms with Crippen LogP contribution in [0.25, 0.3) is 0 Å². The standard InChI is InChI=1S/C13H17BrFNO/c1-16-7-9-4-12(5-9)17-8-10-2-3-11(15)6-13(10)14/h2-3,6,9,12,16H,4-5,7-8H2,1H3. The number of nitrogens with one attached hydrogen (secondary N) is 1. The van der Waals surface area contributed by atoms with Gasteiger partial charge < -0.3 is 10.1 Å². The average Bonchev–Trinajstić information content (AvgIpc) is 2.23. The van der Waals surface area contributed by atoms with Gasteiger partial charge in [0, 0.05) is 4.47 Å². The van der Waals surface area contributed by atoms with E-state index in [9.17, 15) is 4.39 Å². The molecule has 1 aromatic carbocycles. The predicted octanol–water partition coefficient (Wildman–Crippen LogP) is 3.10. The molecule has 4 heteroatoms. The molecule has 0 aromatic heterocycles. The van der Waals surface area contributed by atoms with Crippen molar-refractivity contribution >= 4 is 15.9 Å². The molecule has 0 atom stereocenters. The van der Waals surface area contributed by atoms with Crippen LogP contribution in [-0.2, 0) is 11.3 Å². The second kappa shape index (κ2) is 5.94. The lowest BCUT2D eigenvalue weighted by Crippen LogP contribution is -2.36. The summed E-state index contributed by atoms with van der Waals surface area (Å²) in [5.41, 5.74) is 1.00. The van der Waals surface area contributed by atoms with Crippen molar-refractivity contribution in [1.29, 1.82) is 0 Å². The highest BCUT2D eigenvalue weighted by molar-refractivity contribution is 9.10. The summed E-state index contributed by atoms with van der Waals surface area (Å²) in [5, 5.41) is 3.17. The first-order valence-corrected chi connectivity index (χ1v) is 6.68.